The third-order valence-electron chi connectivity index (χ3n) is 2.70. The molecule has 1 saturated heterocycles. The number of nitrogens with one attached hydrogen (secondary N) is 2. The molecule has 0 spiro atoms. The lowest BCUT2D eigenvalue weighted by Crippen LogP contribution is -2.51. The van der Waals surface area contributed by atoms with Crippen molar-refractivity contribution in [1.29, 1.82) is 0 Å². The number of hydrogen-bond donors (Lipinski definition) is 2. The van der Waals surface area contributed by atoms with Crippen LogP contribution in [0.15, 0.2) is 12.1 Å². The highest BCUT2D eigenvalue weighted by Crippen LogP contribution is 2.22. The van der Waals surface area contributed by atoms with E-state index in [-0.39, 0.29) is 17.9 Å². The second-order valence-corrected chi connectivity index (χ2v) is 5.35. The van der Waals surface area contributed by atoms with Gasteiger partial charge in [0.05, 0.1) is 12.0 Å². The van der Waals surface area contributed by atoms with Gasteiger partial charge >= 0.3 is 0 Å². The van der Waals surface area contributed by atoms with E-state index in [4.69, 9.17) is 0 Å². The van der Waals surface area contributed by atoms with Crippen molar-refractivity contribution >= 4 is 17.2 Å². The quantitative estimate of drug-likeness (QED) is 0.816. The van der Waals surface area contributed by atoms with Gasteiger partial charge in [-0.05, 0) is 26.0 Å². The maximum Gasteiger partial charge on any atom is 0.226 e. The molecule has 1 aromatic rings. The molecule has 1 unspecified atom stereocenters. The Hall–Kier alpha value is -0.870. The predicted octanol–water partition coefficient (Wildman–Crippen LogP) is 1.45. The number of rotatable bonds is 3. The van der Waals surface area contributed by atoms with Gasteiger partial charge in [0.15, 0.2) is 0 Å². The van der Waals surface area contributed by atoms with Crippen LogP contribution in [0.25, 0.3) is 0 Å². The van der Waals surface area contributed by atoms with Crippen molar-refractivity contribution < 1.29 is 4.79 Å². The summed E-state index contributed by atoms with van der Waals surface area (Å²) in [6.45, 7) is 5.76. The molecule has 0 radical (unpaired) electrons. The molecule has 1 fully saturated rings. The van der Waals surface area contributed by atoms with Gasteiger partial charge in [0, 0.05) is 22.8 Å². The fourth-order valence-corrected chi connectivity index (χ4v) is 2.44. The minimum absolute atomic E-state index is 0.136. The fraction of sp³-hybridized carbons (Fsp3) is 0.545. The predicted molar refractivity (Wildman–Crippen MR) is 62.0 cm³/mol. The van der Waals surface area contributed by atoms with Crippen molar-refractivity contribution in [2.75, 3.05) is 13.1 Å². The number of aryl methyl sites for hydroxylation is 1. The Morgan fingerprint density at radius 1 is 1.60 bits per heavy atom. The van der Waals surface area contributed by atoms with Crippen molar-refractivity contribution in [3.63, 3.8) is 0 Å². The van der Waals surface area contributed by atoms with Crippen molar-refractivity contribution in [2.45, 2.75) is 19.9 Å². The van der Waals surface area contributed by atoms with Crippen LogP contribution in [0.5, 0.6) is 0 Å². The minimum atomic E-state index is 0.136. The summed E-state index contributed by atoms with van der Waals surface area (Å²) < 4.78 is 0. The number of carbonyl (C=O) groups is 1. The topological polar surface area (TPSA) is 41.1 Å². The van der Waals surface area contributed by atoms with Crippen molar-refractivity contribution in [3.8, 4) is 0 Å². The van der Waals surface area contributed by atoms with Gasteiger partial charge in [-0.15, -0.1) is 11.3 Å². The molecule has 2 rings (SSSR count). The van der Waals surface area contributed by atoms with Crippen LogP contribution < -0.4 is 10.6 Å². The SMILES string of the molecule is Cc1ccc(C(C)NC(=O)C2CNC2)s1. The highest BCUT2D eigenvalue weighted by Gasteiger charge is 2.26. The first kappa shape index (κ1) is 10.6. The Morgan fingerprint density at radius 2 is 2.33 bits per heavy atom. The highest BCUT2D eigenvalue weighted by atomic mass is 32.1. The molecule has 4 heteroatoms. The van der Waals surface area contributed by atoms with Crippen LogP contribution in [0.4, 0.5) is 0 Å². The van der Waals surface area contributed by atoms with Crippen LogP contribution in [0.1, 0.15) is 22.7 Å². The maximum atomic E-state index is 11.7. The molecule has 1 atom stereocenters. The summed E-state index contributed by atoms with van der Waals surface area (Å²) in [6, 6.07) is 4.31. The number of amides is 1. The summed E-state index contributed by atoms with van der Waals surface area (Å²) >= 11 is 1.74. The molecule has 0 saturated carbocycles. The highest BCUT2D eigenvalue weighted by molar-refractivity contribution is 7.12. The Kier molecular flexibility index (Phi) is 3.07. The Morgan fingerprint density at radius 3 is 2.80 bits per heavy atom. The first-order valence-corrected chi connectivity index (χ1v) is 6.06. The van der Waals surface area contributed by atoms with E-state index < -0.39 is 0 Å². The smallest absolute Gasteiger partial charge is 0.226 e. The third-order valence-corrected chi connectivity index (χ3v) is 3.88. The van der Waals surface area contributed by atoms with E-state index >= 15 is 0 Å². The van der Waals surface area contributed by atoms with E-state index in [1.165, 1.54) is 9.75 Å². The maximum absolute atomic E-state index is 11.7. The third kappa shape index (κ3) is 2.38. The molecule has 1 amide bonds. The van der Waals surface area contributed by atoms with Crippen LogP contribution in [0.3, 0.4) is 0 Å². The lowest BCUT2D eigenvalue weighted by molar-refractivity contribution is -0.127. The van der Waals surface area contributed by atoms with Crippen molar-refractivity contribution in [3.05, 3.63) is 21.9 Å². The average Bonchev–Trinajstić information content (AvgIpc) is 2.48. The molecule has 15 heavy (non-hydrogen) atoms. The van der Waals surface area contributed by atoms with Gasteiger partial charge < -0.3 is 10.6 Å². The molecule has 0 aromatic carbocycles. The summed E-state index contributed by atoms with van der Waals surface area (Å²) in [5.74, 6) is 0.348. The van der Waals surface area contributed by atoms with E-state index in [0.717, 1.165) is 13.1 Å². The van der Waals surface area contributed by atoms with Gasteiger partial charge in [-0.25, -0.2) is 0 Å². The van der Waals surface area contributed by atoms with Crippen LogP contribution in [-0.2, 0) is 4.79 Å². The molecular weight excluding hydrogens is 208 g/mol. The Labute approximate surface area is 93.9 Å². The molecule has 3 nitrogen and oxygen atoms in total. The standard InChI is InChI=1S/C11H16N2OS/c1-7-3-4-10(15-7)8(2)13-11(14)9-5-12-6-9/h3-4,8-9,12H,5-6H2,1-2H3,(H,13,14). The van der Waals surface area contributed by atoms with Crippen molar-refractivity contribution in [1.82, 2.24) is 10.6 Å². The van der Waals surface area contributed by atoms with Gasteiger partial charge in [-0.1, -0.05) is 0 Å². The molecule has 0 aliphatic carbocycles. The van der Waals surface area contributed by atoms with Crippen LogP contribution in [-0.4, -0.2) is 19.0 Å². The van der Waals surface area contributed by atoms with Gasteiger partial charge in [0.25, 0.3) is 0 Å². The molecule has 1 aromatic heterocycles. The molecule has 1 aliphatic heterocycles. The zero-order valence-corrected chi connectivity index (χ0v) is 9.86. The molecule has 82 valence electrons. The zero-order chi connectivity index (χ0) is 10.8. The van der Waals surface area contributed by atoms with Crippen LogP contribution in [0.2, 0.25) is 0 Å². The van der Waals surface area contributed by atoms with Gasteiger partial charge in [0.2, 0.25) is 5.91 Å². The van der Waals surface area contributed by atoms with Gasteiger partial charge in [-0.2, -0.15) is 0 Å². The van der Waals surface area contributed by atoms with E-state index in [9.17, 15) is 4.79 Å². The van der Waals surface area contributed by atoms with E-state index in [0.29, 0.717) is 0 Å². The van der Waals surface area contributed by atoms with E-state index in [1.807, 2.05) is 6.92 Å². The minimum Gasteiger partial charge on any atom is -0.348 e. The second-order valence-electron chi connectivity index (χ2n) is 4.03. The summed E-state index contributed by atoms with van der Waals surface area (Å²) in [6.07, 6.45) is 0. The number of carbonyl (C=O) groups excluding carboxylic acids is 1. The first-order valence-electron chi connectivity index (χ1n) is 5.24. The lowest BCUT2D eigenvalue weighted by Gasteiger charge is -2.27. The molecule has 1 aliphatic rings. The van der Waals surface area contributed by atoms with Crippen molar-refractivity contribution in [2.24, 2.45) is 5.92 Å². The zero-order valence-electron chi connectivity index (χ0n) is 9.04. The monoisotopic (exact) mass is 224 g/mol. The largest absolute Gasteiger partial charge is 0.348 e. The lowest BCUT2D eigenvalue weighted by atomic mass is 10.0. The second kappa shape index (κ2) is 4.33. The summed E-state index contributed by atoms with van der Waals surface area (Å²) in [5.41, 5.74) is 0. The average molecular weight is 224 g/mol. The fourth-order valence-electron chi connectivity index (χ4n) is 1.56. The normalized spacial score (nSPS) is 18.3. The van der Waals surface area contributed by atoms with Gasteiger partial charge in [-0.3, -0.25) is 4.79 Å². The van der Waals surface area contributed by atoms with E-state index in [1.54, 1.807) is 11.3 Å². The van der Waals surface area contributed by atoms with Crippen LogP contribution >= 0.6 is 11.3 Å². The Bertz CT molecular complexity index is 357. The van der Waals surface area contributed by atoms with E-state index in [2.05, 4.69) is 29.7 Å². The molecular formula is C11H16N2OS. The number of hydrogen-bond acceptors (Lipinski definition) is 3. The molecule has 0 bridgehead atoms. The number of thiophene rings is 1. The summed E-state index contributed by atoms with van der Waals surface area (Å²) in [4.78, 5) is 14.2. The summed E-state index contributed by atoms with van der Waals surface area (Å²) in [5, 5.41) is 6.14. The summed E-state index contributed by atoms with van der Waals surface area (Å²) in [7, 11) is 0. The van der Waals surface area contributed by atoms with Crippen LogP contribution in [0, 0.1) is 12.8 Å². The molecule has 2 N–H and O–H groups in total. The molecule has 2 heterocycles. The van der Waals surface area contributed by atoms with Gasteiger partial charge in [0.1, 0.15) is 0 Å². The first-order chi connectivity index (χ1) is 7.16. The Balaban J connectivity index is 1.91.